The predicted octanol–water partition coefficient (Wildman–Crippen LogP) is 3.37. The summed E-state index contributed by atoms with van der Waals surface area (Å²) in [6.45, 7) is -1.83. The summed E-state index contributed by atoms with van der Waals surface area (Å²) in [7, 11) is -4.47. The fourth-order valence-corrected chi connectivity index (χ4v) is 2.56. The lowest BCUT2D eigenvalue weighted by atomic mass is 10.4. The minimum absolute atomic E-state index is 0.200. The molecule has 0 bridgehead atoms. The van der Waals surface area contributed by atoms with E-state index in [0.717, 1.165) is 0 Å². The van der Waals surface area contributed by atoms with Gasteiger partial charge in [-0.25, -0.2) is 0 Å². The molecule has 2 nitrogen and oxygen atoms in total. The fourth-order valence-electron chi connectivity index (χ4n) is 0.936. The van der Waals surface area contributed by atoms with Crippen LogP contribution in [0.1, 0.15) is 2.74 Å². The van der Waals surface area contributed by atoms with Crippen molar-refractivity contribution in [3.8, 4) is 0 Å². The normalized spacial score (nSPS) is 18.5. The zero-order valence-corrected chi connectivity index (χ0v) is 9.52. The van der Waals surface area contributed by atoms with Crippen molar-refractivity contribution < 1.29 is 25.0 Å². The second-order valence-corrected chi connectivity index (χ2v) is 5.41. The Morgan fingerprint density at radius 1 is 1.38 bits per heavy atom. The number of hydrogen-bond acceptors (Lipinski definition) is 2. The first-order chi connectivity index (χ1) is 8.06. The van der Waals surface area contributed by atoms with Gasteiger partial charge in [0.2, 0.25) is 7.37 Å². The Bertz CT molecular complexity index is 447. The zero-order chi connectivity index (χ0) is 14.0. The van der Waals surface area contributed by atoms with Gasteiger partial charge in [-0.2, -0.15) is 13.2 Å². The maximum atomic E-state index is 12.3. The van der Waals surface area contributed by atoms with Crippen LogP contribution in [0.2, 0.25) is 0 Å². The Hall–Kier alpha value is -0.510. The van der Waals surface area contributed by atoms with Crippen molar-refractivity contribution in [1.29, 1.82) is 0 Å². The average molecular weight is 275 g/mol. The van der Waals surface area contributed by atoms with Crippen molar-refractivity contribution >= 4 is 24.3 Å². The molecular weight excluding hydrogens is 264 g/mol. The first kappa shape index (κ1) is 10.6. The van der Waals surface area contributed by atoms with Crippen LogP contribution in [-0.2, 0) is 9.09 Å². The van der Waals surface area contributed by atoms with Crippen LogP contribution in [0.25, 0.3) is 0 Å². The van der Waals surface area contributed by atoms with Crippen LogP contribution in [0.4, 0.5) is 13.2 Å². The lowest BCUT2D eigenvalue weighted by Crippen LogP contribution is -2.19. The standard InChI is InChI=1S/C9H9ClF3O2P/c10-7-16(14,15-6-9(11,12)13)8-4-2-1-3-5-8/h1-5H,6-7H2/i7D2. The second-order valence-electron chi connectivity index (χ2n) is 2.86. The van der Waals surface area contributed by atoms with Gasteiger partial charge in [0.25, 0.3) is 0 Å². The lowest BCUT2D eigenvalue weighted by Gasteiger charge is -2.17. The summed E-state index contributed by atoms with van der Waals surface area (Å²) in [5.74, 6) is 0. The molecule has 1 aromatic rings. The largest absolute Gasteiger partial charge is 0.412 e. The highest BCUT2D eigenvalue weighted by atomic mass is 35.5. The van der Waals surface area contributed by atoms with Gasteiger partial charge in [0, 0.05) is 5.30 Å². The van der Waals surface area contributed by atoms with E-state index in [2.05, 4.69) is 4.52 Å². The third-order valence-electron chi connectivity index (χ3n) is 1.62. The molecule has 0 amide bonds. The van der Waals surface area contributed by atoms with E-state index in [0.29, 0.717) is 0 Å². The van der Waals surface area contributed by atoms with E-state index in [1.807, 2.05) is 0 Å². The molecule has 0 heterocycles. The van der Waals surface area contributed by atoms with Crippen LogP contribution in [-0.4, -0.2) is 18.4 Å². The predicted molar refractivity (Wildman–Crippen MR) is 56.4 cm³/mol. The zero-order valence-electron chi connectivity index (χ0n) is 9.87. The van der Waals surface area contributed by atoms with E-state index in [1.165, 1.54) is 24.3 Å². The second kappa shape index (κ2) is 5.21. The number of hydrogen-bond donors (Lipinski definition) is 0. The minimum atomic E-state index is -4.72. The van der Waals surface area contributed by atoms with E-state index >= 15 is 0 Å². The molecule has 16 heavy (non-hydrogen) atoms. The van der Waals surface area contributed by atoms with E-state index in [9.17, 15) is 17.7 Å². The Morgan fingerprint density at radius 3 is 2.38 bits per heavy atom. The number of halogens is 4. The SMILES string of the molecule is [2H]C([2H])(Cl)P(=O)(OCC(F)(F)F)c1ccccc1. The lowest BCUT2D eigenvalue weighted by molar-refractivity contribution is -0.152. The maximum absolute atomic E-state index is 12.3. The Morgan fingerprint density at radius 2 is 1.94 bits per heavy atom. The molecule has 0 aliphatic heterocycles. The molecule has 90 valence electrons. The number of benzene rings is 1. The van der Waals surface area contributed by atoms with E-state index in [1.54, 1.807) is 6.07 Å². The molecule has 0 aliphatic carbocycles. The third kappa shape index (κ3) is 3.81. The van der Waals surface area contributed by atoms with Crippen molar-refractivity contribution in [3.05, 3.63) is 30.3 Å². The van der Waals surface area contributed by atoms with Crippen LogP contribution in [0.5, 0.6) is 0 Å². The van der Waals surface area contributed by atoms with Crippen molar-refractivity contribution in [2.75, 3.05) is 12.2 Å². The molecule has 1 atom stereocenters. The van der Waals surface area contributed by atoms with Gasteiger partial charge in [0.1, 0.15) is 5.57 Å². The highest BCUT2D eigenvalue weighted by Gasteiger charge is 2.34. The summed E-state index contributed by atoms with van der Waals surface area (Å²) in [5, 5.41) is -0.200. The smallest absolute Gasteiger partial charge is 0.315 e. The number of rotatable bonds is 4. The minimum Gasteiger partial charge on any atom is -0.315 e. The van der Waals surface area contributed by atoms with Crippen LogP contribution >= 0.6 is 19.0 Å². The van der Waals surface area contributed by atoms with Gasteiger partial charge in [-0.3, -0.25) is 4.57 Å². The highest BCUT2D eigenvalue weighted by molar-refractivity contribution is 7.68. The monoisotopic (exact) mass is 274 g/mol. The van der Waals surface area contributed by atoms with Crippen molar-refractivity contribution in [2.24, 2.45) is 0 Å². The Balaban J connectivity index is 3.10. The summed E-state index contributed by atoms with van der Waals surface area (Å²) in [5.41, 5.74) is -2.92. The van der Waals surface area contributed by atoms with Crippen molar-refractivity contribution in [1.82, 2.24) is 0 Å². The van der Waals surface area contributed by atoms with Crippen LogP contribution in [0.15, 0.2) is 30.3 Å². The summed E-state index contributed by atoms with van der Waals surface area (Å²) < 4.78 is 67.2. The van der Waals surface area contributed by atoms with Gasteiger partial charge in [-0.1, -0.05) is 18.2 Å². The molecule has 0 saturated carbocycles. The molecule has 0 fully saturated rings. The first-order valence-electron chi connectivity index (χ1n) is 5.12. The Kier molecular flexibility index (Phi) is 3.46. The van der Waals surface area contributed by atoms with Crippen molar-refractivity contribution in [2.45, 2.75) is 6.18 Å². The van der Waals surface area contributed by atoms with Gasteiger partial charge in [0.05, 0.1) is 2.74 Å². The molecule has 0 aromatic heterocycles. The number of alkyl halides is 4. The molecule has 1 unspecified atom stereocenters. The van der Waals surface area contributed by atoms with Crippen molar-refractivity contribution in [3.63, 3.8) is 0 Å². The van der Waals surface area contributed by atoms with Gasteiger partial charge in [-0.15, -0.1) is 11.6 Å². The van der Waals surface area contributed by atoms with Gasteiger partial charge in [-0.05, 0) is 12.1 Å². The molecular formula is C9H9ClF3O2P. The molecule has 0 saturated heterocycles. The molecule has 1 aromatic carbocycles. The summed E-state index contributed by atoms with van der Waals surface area (Å²) in [4.78, 5) is 0. The molecule has 1 rings (SSSR count). The van der Waals surface area contributed by atoms with E-state index < -0.39 is 25.7 Å². The summed E-state index contributed by atoms with van der Waals surface area (Å²) in [6.07, 6.45) is -4.72. The third-order valence-corrected chi connectivity index (χ3v) is 3.98. The highest BCUT2D eigenvalue weighted by Crippen LogP contribution is 2.47. The molecule has 0 N–H and O–H groups in total. The molecule has 0 spiro atoms. The molecule has 0 radical (unpaired) electrons. The topological polar surface area (TPSA) is 26.3 Å². The van der Waals surface area contributed by atoms with Gasteiger partial charge in [0.15, 0.2) is 6.61 Å². The van der Waals surface area contributed by atoms with Crippen LogP contribution < -0.4 is 5.30 Å². The quantitative estimate of drug-likeness (QED) is 0.621. The fraction of sp³-hybridized carbons (Fsp3) is 0.333. The van der Waals surface area contributed by atoms with Crippen LogP contribution in [0, 0.1) is 0 Å². The van der Waals surface area contributed by atoms with Gasteiger partial charge >= 0.3 is 6.18 Å². The molecule has 7 heteroatoms. The van der Waals surface area contributed by atoms with E-state index in [-0.39, 0.29) is 5.30 Å². The average Bonchev–Trinajstić information content (AvgIpc) is 2.24. The summed E-state index contributed by atoms with van der Waals surface area (Å²) >= 11 is 5.28. The molecule has 0 aliphatic rings. The Labute approximate surface area is 98.6 Å². The van der Waals surface area contributed by atoms with Crippen LogP contribution in [0.3, 0.4) is 0 Å². The van der Waals surface area contributed by atoms with E-state index in [4.69, 9.17) is 14.3 Å². The summed E-state index contributed by atoms with van der Waals surface area (Å²) in [6, 6.07) is 6.76. The maximum Gasteiger partial charge on any atom is 0.412 e. The first-order valence-corrected chi connectivity index (χ1v) is 6.12. The van der Waals surface area contributed by atoms with Gasteiger partial charge < -0.3 is 4.52 Å².